The number of carbonyl (C=O) groups is 2. The van der Waals surface area contributed by atoms with Crippen LogP contribution in [0.25, 0.3) is 0 Å². The minimum atomic E-state index is -3.72. The van der Waals surface area contributed by atoms with E-state index in [1.54, 1.807) is 19.9 Å². The summed E-state index contributed by atoms with van der Waals surface area (Å²) in [6.07, 6.45) is 0.846. The summed E-state index contributed by atoms with van der Waals surface area (Å²) in [5, 5.41) is 0. The van der Waals surface area contributed by atoms with Crippen molar-refractivity contribution >= 4 is 21.9 Å². The molecule has 0 aromatic heterocycles. The highest BCUT2D eigenvalue weighted by Gasteiger charge is 2.33. The zero-order chi connectivity index (χ0) is 17.9. The third-order valence-electron chi connectivity index (χ3n) is 4.19. The van der Waals surface area contributed by atoms with Crippen molar-refractivity contribution in [2.45, 2.75) is 31.6 Å². The van der Waals surface area contributed by atoms with E-state index in [1.165, 1.54) is 16.4 Å². The highest BCUT2D eigenvalue weighted by molar-refractivity contribution is 7.89. The largest absolute Gasteiger partial charge is 0.466 e. The van der Waals surface area contributed by atoms with E-state index in [1.807, 2.05) is 0 Å². The minimum absolute atomic E-state index is 0.0384. The average molecular weight is 354 g/mol. The molecule has 0 unspecified atom stereocenters. The first kappa shape index (κ1) is 18.4. The third kappa shape index (κ3) is 3.76. The van der Waals surface area contributed by atoms with E-state index < -0.39 is 15.9 Å². The van der Waals surface area contributed by atoms with E-state index in [2.05, 4.69) is 0 Å². The molecule has 2 rings (SSSR count). The van der Waals surface area contributed by atoms with Crippen molar-refractivity contribution in [3.05, 3.63) is 29.3 Å². The highest BCUT2D eigenvalue weighted by Crippen LogP contribution is 2.25. The molecule has 0 spiro atoms. The summed E-state index contributed by atoms with van der Waals surface area (Å²) in [4.78, 5) is 23.2. The Morgan fingerprint density at radius 1 is 1.29 bits per heavy atom. The van der Waals surface area contributed by atoms with Crippen LogP contribution < -0.4 is 5.73 Å². The second-order valence-corrected chi connectivity index (χ2v) is 7.71. The molecule has 1 heterocycles. The summed E-state index contributed by atoms with van der Waals surface area (Å²) in [5.74, 6) is -1.21. The fourth-order valence-electron chi connectivity index (χ4n) is 2.77. The number of sulfonamides is 1. The van der Waals surface area contributed by atoms with Gasteiger partial charge in [-0.05, 0) is 44.4 Å². The maximum Gasteiger partial charge on any atom is 0.309 e. The Labute approximate surface area is 141 Å². The summed E-state index contributed by atoms with van der Waals surface area (Å²) in [6, 6.07) is 4.34. The Morgan fingerprint density at radius 3 is 2.46 bits per heavy atom. The predicted molar refractivity (Wildman–Crippen MR) is 87.8 cm³/mol. The van der Waals surface area contributed by atoms with Gasteiger partial charge in [0.25, 0.3) is 0 Å². The van der Waals surface area contributed by atoms with E-state index >= 15 is 0 Å². The first-order valence-corrected chi connectivity index (χ1v) is 9.28. The number of rotatable bonds is 5. The number of nitrogens with zero attached hydrogens (tertiary/aromatic N) is 1. The van der Waals surface area contributed by atoms with Gasteiger partial charge in [0.15, 0.2) is 0 Å². The van der Waals surface area contributed by atoms with E-state index in [4.69, 9.17) is 10.5 Å². The Balaban J connectivity index is 2.16. The molecule has 2 N–H and O–H groups in total. The van der Waals surface area contributed by atoms with Crippen molar-refractivity contribution < 1.29 is 22.7 Å². The topological polar surface area (TPSA) is 107 Å². The number of carbonyl (C=O) groups excluding carboxylic acids is 2. The van der Waals surface area contributed by atoms with Crippen molar-refractivity contribution in [2.75, 3.05) is 19.7 Å². The molecule has 1 fully saturated rings. The molecule has 132 valence electrons. The SMILES string of the molecule is CCOC(=O)C1CCN(S(=O)(=O)c2ccc(C)c(C(N)=O)c2)CC1. The molecule has 1 aromatic carbocycles. The van der Waals surface area contributed by atoms with Gasteiger partial charge in [0, 0.05) is 18.7 Å². The molecular formula is C16H22N2O5S. The number of ether oxygens (including phenoxy) is 1. The second kappa shape index (κ2) is 7.31. The zero-order valence-electron chi connectivity index (χ0n) is 13.8. The van der Waals surface area contributed by atoms with Gasteiger partial charge in [0.2, 0.25) is 15.9 Å². The van der Waals surface area contributed by atoms with Crippen molar-refractivity contribution in [1.82, 2.24) is 4.31 Å². The lowest BCUT2D eigenvalue weighted by Gasteiger charge is -2.30. The second-order valence-electron chi connectivity index (χ2n) is 5.77. The van der Waals surface area contributed by atoms with Gasteiger partial charge >= 0.3 is 5.97 Å². The van der Waals surface area contributed by atoms with Crippen LogP contribution in [0.15, 0.2) is 23.1 Å². The van der Waals surface area contributed by atoms with Crippen LogP contribution >= 0.6 is 0 Å². The van der Waals surface area contributed by atoms with Crippen LogP contribution in [0.4, 0.5) is 0 Å². The predicted octanol–water partition coefficient (Wildman–Crippen LogP) is 1.06. The van der Waals surface area contributed by atoms with Gasteiger partial charge < -0.3 is 10.5 Å². The summed E-state index contributed by atoms with van der Waals surface area (Å²) in [7, 11) is -3.72. The normalized spacial score (nSPS) is 16.8. The maximum atomic E-state index is 12.7. The number of primary amides is 1. The molecular weight excluding hydrogens is 332 g/mol. The summed E-state index contributed by atoms with van der Waals surface area (Å²) >= 11 is 0. The average Bonchev–Trinajstić information content (AvgIpc) is 2.55. The number of piperidine rings is 1. The Morgan fingerprint density at radius 2 is 1.92 bits per heavy atom. The number of aryl methyl sites for hydroxylation is 1. The molecule has 8 heteroatoms. The lowest BCUT2D eigenvalue weighted by Crippen LogP contribution is -2.40. The van der Waals surface area contributed by atoms with Gasteiger partial charge in [0.05, 0.1) is 17.4 Å². The van der Waals surface area contributed by atoms with E-state index in [0.717, 1.165) is 0 Å². The molecule has 1 aliphatic rings. The molecule has 0 atom stereocenters. The number of esters is 1. The summed E-state index contributed by atoms with van der Waals surface area (Å²) in [6.45, 7) is 4.24. The lowest BCUT2D eigenvalue weighted by atomic mass is 9.98. The number of hydrogen-bond donors (Lipinski definition) is 1. The lowest BCUT2D eigenvalue weighted by molar-refractivity contribution is -0.149. The van der Waals surface area contributed by atoms with Gasteiger partial charge in [-0.1, -0.05) is 6.07 Å². The van der Waals surface area contributed by atoms with Crippen molar-refractivity contribution in [3.8, 4) is 0 Å². The zero-order valence-corrected chi connectivity index (χ0v) is 14.6. The quantitative estimate of drug-likeness (QED) is 0.796. The Hall–Kier alpha value is -1.93. The van der Waals surface area contributed by atoms with Gasteiger partial charge in [0.1, 0.15) is 0 Å². The van der Waals surface area contributed by atoms with E-state index in [-0.39, 0.29) is 35.4 Å². The van der Waals surface area contributed by atoms with Gasteiger partial charge in [-0.2, -0.15) is 4.31 Å². The molecule has 1 aromatic rings. The highest BCUT2D eigenvalue weighted by atomic mass is 32.2. The van der Waals surface area contributed by atoms with Gasteiger partial charge in [-0.25, -0.2) is 8.42 Å². The van der Waals surface area contributed by atoms with Crippen molar-refractivity contribution in [2.24, 2.45) is 11.7 Å². The summed E-state index contributed by atoms with van der Waals surface area (Å²) < 4.78 is 31.8. The summed E-state index contributed by atoms with van der Waals surface area (Å²) in [5.41, 5.74) is 6.11. The number of nitrogens with two attached hydrogens (primary N) is 1. The van der Waals surface area contributed by atoms with Gasteiger partial charge in [-0.3, -0.25) is 9.59 Å². The van der Waals surface area contributed by atoms with Crippen LogP contribution in [-0.2, 0) is 19.6 Å². The smallest absolute Gasteiger partial charge is 0.309 e. The fraction of sp³-hybridized carbons (Fsp3) is 0.500. The molecule has 0 aliphatic carbocycles. The molecule has 0 radical (unpaired) electrons. The van der Waals surface area contributed by atoms with Crippen molar-refractivity contribution in [3.63, 3.8) is 0 Å². The monoisotopic (exact) mass is 354 g/mol. The Bertz CT molecular complexity index is 737. The van der Waals surface area contributed by atoms with E-state index in [0.29, 0.717) is 25.0 Å². The van der Waals surface area contributed by atoms with Crippen LogP contribution in [-0.4, -0.2) is 44.3 Å². The molecule has 24 heavy (non-hydrogen) atoms. The Kier molecular flexibility index (Phi) is 5.61. The number of amides is 1. The molecule has 0 saturated carbocycles. The molecule has 7 nitrogen and oxygen atoms in total. The molecule has 1 amide bonds. The minimum Gasteiger partial charge on any atom is -0.466 e. The molecule has 0 bridgehead atoms. The molecule has 1 saturated heterocycles. The maximum absolute atomic E-state index is 12.7. The van der Waals surface area contributed by atoms with Gasteiger partial charge in [-0.15, -0.1) is 0 Å². The van der Waals surface area contributed by atoms with Crippen LogP contribution in [0.3, 0.4) is 0 Å². The first-order valence-electron chi connectivity index (χ1n) is 7.84. The third-order valence-corrected chi connectivity index (χ3v) is 6.08. The van der Waals surface area contributed by atoms with E-state index in [9.17, 15) is 18.0 Å². The number of benzene rings is 1. The van der Waals surface area contributed by atoms with Crippen LogP contribution in [0.2, 0.25) is 0 Å². The fourth-order valence-corrected chi connectivity index (χ4v) is 4.26. The first-order chi connectivity index (χ1) is 11.3. The molecule has 1 aliphatic heterocycles. The number of hydrogen-bond acceptors (Lipinski definition) is 5. The van der Waals surface area contributed by atoms with Crippen molar-refractivity contribution in [1.29, 1.82) is 0 Å². The standard InChI is InChI=1S/C16H22N2O5S/c1-3-23-16(20)12-6-8-18(9-7-12)24(21,22)13-5-4-11(2)14(10-13)15(17)19/h4-5,10,12H,3,6-9H2,1-2H3,(H2,17,19). The van der Waals surface area contributed by atoms with Crippen LogP contribution in [0, 0.1) is 12.8 Å². The van der Waals surface area contributed by atoms with Crippen LogP contribution in [0.1, 0.15) is 35.7 Å². The van der Waals surface area contributed by atoms with Crippen LogP contribution in [0.5, 0.6) is 0 Å².